The second-order valence-corrected chi connectivity index (χ2v) is 6.80. The molecule has 1 aromatic carbocycles. The van der Waals surface area contributed by atoms with E-state index in [0.29, 0.717) is 19.5 Å². The van der Waals surface area contributed by atoms with Crippen molar-refractivity contribution in [2.45, 2.75) is 26.8 Å². The monoisotopic (exact) mass is 365 g/mol. The minimum absolute atomic E-state index is 0.586. The van der Waals surface area contributed by atoms with E-state index in [1.54, 1.807) is 13.8 Å². The van der Waals surface area contributed by atoms with E-state index in [-0.39, 0.29) is 0 Å². The van der Waals surface area contributed by atoms with Crippen LogP contribution in [0, 0.1) is 5.41 Å². The van der Waals surface area contributed by atoms with Crippen molar-refractivity contribution in [1.82, 2.24) is 15.1 Å². The van der Waals surface area contributed by atoms with Gasteiger partial charge < -0.3 is 10.4 Å². The summed E-state index contributed by atoms with van der Waals surface area (Å²) in [5, 5.41) is 16.7. The van der Waals surface area contributed by atoms with Crippen molar-refractivity contribution in [3.63, 3.8) is 0 Å². The quantitative estimate of drug-likeness (QED) is 0.739. The SMILES string of the molecule is CC(C)(CCNCc1cnn(-c2ccc(Br)cc2)c1)C(=O)O. The number of aliphatic carboxylic acids is 1. The fraction of sp³-hybridized carbons (Fsp3) is 0.375. The molecular formula is C16H20BrN3O2. The third kappa shape index (κ3) is 4.42. The summed E-state index contributed by atoms with van der Waals surface area (Å²) in [7, 11) is 0. The normalized spacial score (nSPS) is 11.6. The smallest absolute Gasteiger partial charge is 0.309 e. The van der Waals surface area contributed by atoms with E-state index < -0.39 is 11.4 Å². The van der Waals surface area contributed by atoms with Crippen LogP contribution in [0.1, 0.15) is 25.8 Å². The van der Waals surface area contributed by atoms with Crippen LogP contribution in [0.5, 0.6) is 0 Å². The van der Waals surface area contributed by atoms with E-state index in [1.807, 2.05) is 41.3 Å². The number of benzene rings is 1. The Morgan fingerprint density at radius 1 is 1.36 bits per heavy atom. The molecule has 0 amide bonds. The predicted octanol–water partition coefficient (Wildman–Crippen LogP) is 3.23. The van der Waals surface area contributed by atoms with E-state index in [2.05, 4.69) is 26.3 Å². The van der Waals surface area contributed by atoms with Gasteiger partial charge in [0.2, 0.25) is 0 Å². The van der Waals surface area contributed by atoms with Crippen LogP contribution in [0.25, 0.3) is 5.69 Å². The van der Waals surface area contributed by atoms with Gasteiger partial charge in [-0.25, -0.2) is 4.68 Å². The number of hydrogen-bond donors (Lipinski definition) is 2. The predicted molar refractivity (Wildman–Crippen MR) is 89.0 cm³/mol. The van der Waals surface area contributed by atoms with Crippen molar-refractivity contribution in [2.75, 3.05) is 6.54 Å². The van der Waals surface area contributed by atoms with Crippen molar-refractivity contribution in [2.24, 2.45) is 5.41 Å². The summed E-state index contributed by atoms with van der Waals surface area (Å²) in [4.78, 5) is 11.0. The van der Waals surface area contributed by atoms with Gasteiger partial charge in [-0.2, -0.15) is 5.10 Å². The number of halogens is 1. The second kappa shape index (κ2) is 7.07. The number of rotatable bonds is 7. The Morgan fingerprint density at radius 2 is 2.05 bits per heavy atom. The molecule has 118 valence electrons. The molecule has 2 N–H and O–H groups in total. The molecule has 6 heteroatoms. The lowest BCUT2D eigenvalue weighted by Gasteiger charge is -2.18. The summed E-state index contributed by atoms with van der Waals surface area (Å²) >= 11 is 3.41. The van der Waals surface area contributed by atoms with Crippen molar-refractivity contribution >= 4 is 21.9 Å². The molecule has 0 aliphatic heterocycles. The summed E-state index contributed by atoms with van der Waals surface area (Å²) in [6.45, 7) is 4.81. The van der Waals surface area contributed by atoms with Crippen LogP contribution in [0.15, 0.2) is 41.1 Å². The highest BCUT2D eigenvalue weighted by molar-refractivity contribution is 9.10. The van der Waals surface area contributed by atoms with Crippen molar-refractivity contribution < 1.29 is 9.90 Å². The van der Waals surface area contributed by atoms with Gasteiger partial charge in [0.15, 0.2) is 0 Å². The summed E-state index contributed by atoms with van der Waals surface area (Å²) in [6, 6.07) is 7.93. The number of nitrogens with one attached hydrogen (secondary N) is 1. The average molecular weight is 366 g/mol. The molecule has 2 aromatic rings. The molecule has 1 aromatic heterocycles. The number of carbonyl (C=O) groups is 1. The Labute approximate surface area is 138 Å². The van der Waals surface area contributed by atoms with Crippen LogP contribution in [0.3, 0.4) is 0 Å². The molecule has 22 heavy (non-hydrogen) atoms. The molecule has 0 atom stereocenters. The standard InChI is InChI=1S/C16H20BrN3O2/c1-16(2,15(21)22)7-8-18-9-12-10-19-20(11-12)14-5-3-13(17)4-6-14/h3-6,10-11,18H,7-9H2,1-2H3,(H,21,22). The molecular weight excluding hydrogens is 346 g/mol. The highest BCUT2D eigenvalue weighted by Gasteiger charge is 2.26. The van der Waals surface area contributed by atoms with Crippen LogP contribution >= 0.6 is 15.9 Å². The van der Waals surface area contributed by atoms with Crippen LogP contribution in [0.4, 0.5) is 0 Å². The first-order valence-corrected chi connectivity index (χ1v) is 7.91. The van der Waals surface area contributed by atoms with Gasteiger partial charge in [0.05, 0.1) is 17.3 Å². The Balaban J connectivity index is 1.85. The number of nitrogens with zero attached hydrogens (tertiary/aromatic N) is 2. The van der Waals surface area contributed by atoms with E-state index in [0.717, 1.165) is 15.7 Å². The Hall–Kier alpha value is -1.66. The maximum absolute atomic E-state index is 11.0. The van der Waals surface area contributed by atoms with Gasteiger partial charge in [-0.1, -0.05) is 15.9 Å². The fourth-order valence-corrected chi connectivity index (χ4v) is 2.19. The minimum Gasteiger partial charge on any atom is -0.481 e. The lowest BCUT2D eigenvalue weighted by atomic mass is 9.90. The fourth-order valence-electron chi connectivity index (χ4n) is 1.93. The van der Waals surface area contributed by atoms with Crippen LogP contribution in [0.2, 0.25) is 0 Å². The van der Waals surface area contributed by atoms with Crippen LogP contribution in [-0.2, 0) is 11.3 Å². The van der Waals surface area contributed by atoms with Crippen molar-refractivity contribution in [1.29, 1.82) is 0 Å². The van der Waals surface area contributed by atoms with E-state index >= 15 is 0 Å². The molecule has 1 heterocycles. The highest BCUT2D eigenvalue weighted by atomic mass is 79.9. The number of carboxylic acid groups (broad SMARTS) is 1. The van der Waals surface area contributed by atoms with Gasteiger partial charge in [-0.3, -0.25) is 4.79 Å². The zero-order valence-corrected chi connectivity index (χ0v) is 14.3. The molecule has 2 rings (SSSR count). The summed E-state index contributed by atoms with van der Waals surface area (Å²) < 4.78 is 2.86. The molecule has 0 spiro atoms. The molecule has 0 radical (unpaired) electrons. The highest BCUT2D eigenvalue weighted by Crippen LogP contribution is 2.19. The van der Waals surface area contributed by atoms with Gasteiger partial charge in [0, 0.05) is 22.8 Å². The number of aromatic nitrogens is 2. The zero-order chi connectivity index (χ0) is 16.2. The first-order valence-electron chi connectivity index (χ1n) is 7.12. The van der Waals surface area contributed by atoms with Gasteiger partial charge >= 0.3 is 5.97 Å². The van der Waals surface area contributed by atoms with Crippen LogP contribution in [-0.4, -0.2) is 27.4 Å². The molecule has 0 unspecified atom stereocenters. The third-order valence-corrected chi connectivity index (χ3v) is 4.09. The number of hydrogen-bond acceptors (Lipinski definition) is 3. The van der Waals surface area contributed by atoms with Gasteiger partial charge in [-0.15, -0.1) is 0 Å². The first-order chi connectivity index (χ1) is 10.4. The third-order valence-electron chi connectivity index (χ3n) is 3.56. The maximum Gasteiger partial charge on any atom is 0.309 e. The summed E-state index contributed by atoms with van der Waals surface area (Å²) in [5.74, 6) is -0.766. The van der Waals surface area contributed by atoms with Gasteiger partial charge in [-0.05, 0) is 51.1 Å². The van der Waals surface area contributed by atoms with Crippen molar-refractivity contribution in [3.05, 3.63) is 46.7 Å². The molecule has 0 fully saturated rings. The molecule has 0 saturated carbocycles. The van der Waals surface area contributed by atoms with Gasteiger partial charge in [0.25, 0.3) is 0 Å². The molecule has 0 saturated heterocycles. The summed E-state index contributed by atoms with van der Waals surface area (Å²) in [5.41, 5.74) is 1.37. The van der Waals surface area contributed by atoms with E-state index in [4.69, 9.17) is 5.11 Å². The maximum atomic E-state index is 11.0. The molecule has 0 aliphatic rings. The Kier molecular flexibility index (Phi) is 5.37. The van der Waals surface area contributed by atoms with E-state index in [9.17, 15) is 4.79 Å². The average Bonchev–Trinajstić information content (AvgIpc) is 2.93. The van der Waals surface area contributed by atoms with Crippen molar-refractivity contribution in [3.8, 4) is 5.69 Å². The molecule has 0 aliphatic carbocycles. The first kappa shape index (κ1) is 16.7. The zero-order valence-electron chi connectivity index (χ0n) is 12.7. The Bertz CT molecular complexity index is 635. The number of carboxylic acids is 1. The largest absolute Gasteiger partial charge is 0.481 e. The summed E-state index contributed by atoms with van der Waals surface area (Å²) in [6.07, 6.45) is 4.37. The molecule has 0 bridgehead atoms. The topological polar surface area (TPSA) is 67.2 Å². The van der Waals surface area contributed by atoms with E-state index in [1.165, 1.54) is 0 Å². The Morgan fingerprint density at radius 3 is 2.68 bits per heavy atom. The molecule has 5 nitrogen and oxygen atoms in total. The minimum atomic E-state index is -0.766. The van der Waals surface area contributed by atoms with Gasteiger partial charge in [0.1, 0.15) is 0 Å². The lowest BCUT2D eigenvalue weighted by molar-refractivity contribution is -0.147. The lowest BCUT2D eigenvalue weighted by Crippen LogP contribution is -2.28. The van der Waals surface area contributed by atoms with Crippen LogP contribution < -0.4 is 5.32 Å². The second-order valence-electron chi connectivity index (χ2n) is 5.89.